The summed E-state index contributed by atoms with van der Waals surface area (Å²) in [6, 6.07) is 0. The van der Waals surface area contributed by atoms with Gasteiger partial charge in [0.25, 0.3) is 0 Å². The summed E-state index contributed by atoms with van der Waals surface area (Å²) in [6.45, 7) is 7.71. The second-order valence-electron chi connectivity index (χ2n) is 7.22. The lowest BCUT2D eigenvalue weighted by Gasteiger charge is -2.30. The zero-order valence-electron chi connectivity index (χ0n) is 12.8. The molecule has 1 saturated carbocycles. The lowest BCUT2D eigenvalue weighted by Crippen LogP contribution is -3.26. The minimum Gasteiger partial charge on any atom is -0.378 e. The predicted octanol–water partition coefficient (Wildman–Crippen LogP) is -1.63. The first kappa shape index (κ1) is 14.1. The molecule has 2 aliphatic carbocycles. The fourth-order valence-electron chi connectivity index (χ4n) is 4.07. The van der Waals surface area contributed by atoms with Crippen LogP contribution in [-0.4, -0.2) is 50.5 Å². The van der Waals surface area contributed by atoms with Crippen LogP contribution in [0.5, 0.6) is 0 Å². The second kappa shape index (κ2) is 5.52. The fourth-order valence-corrected chi connectivity index (χ4v) is 4.07. The molecule has 110 valence electrons. The van der Waals surface area contributed by atoms with Gasteiger partial charge in [0.2, 0.25) is 0 Å². The van der Waals surface area contributed by atoms with Crippen LogP contribution >= 0.6 is 0 Å². The molecule has 20 heavy (non-hydrogen) atoms. The number of hydrogen-bond acceptors (Lipinski definition) is 1. The van der Waals surface area contributed by atoms with Crippen LogP contribution in [0.25, 0.3) is 0 Å². The van der Waals surface area contributed by atoms with Crippen LogP contribution in [-0.2, 0) is 0 Å². The molecule has 0 amide bonds. The molecule has 4 atom stereocenters. The number of piperazine rings is 1. The van der Waals surface area contributed by atoms with Crippen LogP contribution in [0.1, 0.15) is 19.8 Å². The molecule has 3 N–H and O–H groups in total. The van der Waals surface area contributed by atoms with Crippen molar-refractivity contribution in [2.45, 2.75) is 25.4 Å². The summed E-state index contributed by atoms with van der Waals surface area (Å²) in [7, 11) is 2.26. The van der Waals surface area contributed by atoms with E-state index in [4.69, 9.17) is 0 Å². The number of rotatable bonds is 2. The van der Waals surface area contributed by atoms with Gasteiger partial charge in [0.05, 0.1) is 7.05 Å². The molecular weight excluding hydrogens is 248 g/mol. The summed E-state index contributed by atoms with van der Waals surface area (Å²) in [5, 5.41) is 10.7. The third kappa shape index (κ3) is 2.93. The van der Waals surface area contributed by atoms with Gasteiger partial charge in [-0.2, -0.15) is 0 Å². The number of likely N-dealkylation sites (N-methyl/N-ethyl adjacent to an activating group) is 1. The number of nitrogens with one attached hydrogen (secondary N) is 2. The highest BCUT2D eigenvalue weighted by Crippen LogP contribution is 2.47. The molecule has 2 bridgehead atoms. The van der Waals surface area contributed by atoms with Crippen molar-refractivity contribution in [3.8, 4) is 11.8 Å². The topological polar surface area (TPSA) is 29.1 Å². The molecule has 3 heteroatoms. The van der Waals surface area contributed by atoms with Crippen molar-refractivity contribution < 1.29 is 14.9 Å². The van der Waals surface area contributed by atoms with E-state index in [2.05, 4.69) is 31.0 Å². The first-order chi connectivity index (χ1) is 9.54. The van der Waals surface area contributed by atoms with Crippen molar-refractivity contribution in [3.63, 3.8) is 0 Å². The Morgan fingerprint density at radius 1 is 1.20 bits per heavy atom. The molecule has 1 heterocycles. The minimum absolute atomic E-state index is 0.344. The number of allylic oxidation sites excluding steroid dienone is 2. The van der Waals surface area contributed by atoms with Gasteiger partial charge in [0.1, 0.15) is 38.3 Å². The third-order valence-electron chi connectivity index (χ3n) is 5.49. The Morgan fingerprint density at radius 3 is 2.55 bits per heavy atom. The van der Waals surface area contributed by atoms with E-state index >= 15 is 0 Å². The first-order valence-corrected chi connectivity index (χ1v) is 8.10. The molecule has 0 radical (unpaired) electrons. The van der Waals surface area contributed by atoms with Crippen LogP contribution in [0.3, 0.4) is 0 Å². The summed E-state index contributed by atoms with van der Waals surface area (Å²) >= 11 is 0. The number of quaternary nitrogens is 2. The molecule has 3 rings (SSSR count). The van der Waals surface area contributed by atoms with Crippen molar-refractivity contribution in [1.29, 1.82) is 0 Å². The van der Waals surface area contributed by atoms with Crippen molar-refractivity contribution in [1.82, 2.24) is 0 Å². The monoisotopic (exact) mass is 276 g/mol. The molecule has 0 aromatic carbocycles. The Balaban J connectivity index is 1.54. The van der Waals surface area contributed by atoms with Crippen molar-refractivity contribution in [2.75, 3.05) is 39.8 Å². The molecule has 1 saturated heterocycles. The van der Waals surface area contributed by atoms with Gasteiger partial charge in [-0.15, -0.1) is 0 Å². The molecule has 3 nitrogen and oxygen atoms in total. The van der Waals surface area contributed by atoms with E-state index < -0.39 is 5.60 Å². The molecule has 0 aromatic rings. The fraction of sp³-hybridized carbons (Fsp3) is 0.765. The van der Waals surface area contributed by atoms with Gasteiger partial charge in [-0.25, -0.2) is 0 Å². The quantitative estimate of drug-likeness (QED) is 0.410. The molecule has 2 fully saturated rings. The van der Waals surface area contributed by atoms with Crippen molar-refractivity contribution in [3.05, 3.63) is 12.2 Å². The van der Waals surface area contributed by atoms with Crippen molar-refractivity contribution in [2.24, 2.45) is 17.8 Å². The number of hydrogen-bond donors (Lipinski definition) is 3. The van der Waals surface area contributed by atoms with Crippen LogP contribution in [0.2, 0.25) is 0 Å². The molecule has 0 aromatic heterocycles. The van der Waals surface area contributed by atoms with Gasteiger partial charge in [-0.05, 0) is 37.5 Å². The maximum Gasteiger partial charge on any atom is 0.139 e. The van der Waals surface area contributed by atoms with E-state index in [9.17, 15) is 5.11 Å². The Morgan fingerprint density at radius 2 is 1.95 bits per heavy atom. The average Bonchev–Trinajstić information content (AvgIpc) is 3.04. The predicted molar refractivity (Wildman–Crippen MR) is 79.4 cm³/mol. The third-order valence-corrected chi connectivity index (χ3v) is 5.49. The minimum atomic E-state index is -0.804. The summed E-state index contributed by atoms with van der Waals surface area (Å²) in [5.41, 5.74) is -0.804. The molecule has 1 aliphatic heterocycles. The molecular formula is C17H28N2O+2. The van der Waals surface area contributed by atoms with E-state index in [1.807, 2.05) is 6.92 Å². The highest BCUT2D eigenvalue weighted by Gasteiger charge is 2.44. The lowest BCUT2D eigenvalue weighted by molar-refractivity contribution is -1.000. The van der Waals surface area contributed by atoms with E-state index in [1.54, 1.807) is 9.80 Å². The van der Waals surface area contributed by atoms with Crippen LogP contribution < -0.4 is 9.80 Å². The smallest absolute Gasteiger partial charge is 0.139 e. The Bertz CT molecular complexity index is 438. The highest BCUT2D eigenvalue weighted by atomic mass is 16.3. The largest absolute Gasteiger partial charge is 0.378 e. The average molecular weight is 276 g/mol. The van der Waals surface area contributed by atoms with E-state index in [0.717, 1.165) is 13.0 Å². The molecule has 3 aliphatic rings. The summed E-state index contributed by atoms with van der Waals surface area (Å²) in [6.07, 6.45) is 6.97. The van der Waals surface area contributed by atoms with Gasteiger partial charge >= 0.3 is 0 Å². The van der Waals surface area contributed by atoms with E-state index in [1.165, 1.54) is 32.6 Å². The standard InChI is InChI=1S/C17H26N2O/c1-17(20,16-13-14-4-5-15(16)12-14)6-3-7-19-10-8-18(2)9-11-19/h4-5,14-16,20H,7-13H2,1-2H3/p+2/t14-,15+,16+,17-/m1/s1. The van der Waals surface area contributed by atoms with Crippen LogP contribution in [0.15, 0.2) is 12.2 Å². The Kier molecular flexibility index (Phi) is 3.90. The number of aliphatic hydroxyl groups is 1. The lowest BCUT2D eigenvalue weighted by atomic mass is 9.80. The highest BCUT2D eigenvalue weighted by molar-refractivity contribution is 5.21. The van der Waals surface area contributed by atoms with E-state index in [0.29, 0.717) is 17.8 Å². The van der Waals surface area contributed by atoms with Crippen molar-refractivity contribution >= 4 is 0 Å². The molecule has 0 unspecified atom stereocenters. The van der Waals surface area contributed by atoms with Crippen LogP contribution in [0.4, 0.5) is 0 Å². The summed E-state index contributed by atoms with van der Waals surface area (Å²) in [5.74, 6) is 8.07. The van der Waals surface area contributed by atoms with Gasteiger partial charge in [-0.3, -0.25) is 0 Å². The molecule has 0 spiro atoms. The normalized spacial score (nSPS) is 42.0. The SMILES string of the molecule is C[NH+]1CC[NH+](CC#C[C@@](C)(O)[C@H]2C[C@@H]3C=C[C@H]2C3)CC1. The maximum absolute atomic E-state index is 10.7. The van der Waals surface area contributed by atoms with Gasteiger partial charge in [-0.1, -0.05) is 18.1 Å². The zero-order chi connectivity index (χ0) is 14.2. The maximum atomic E-state index is 10.7. The van der Waals surface area contributed by atoms with Gasteiger partial charge in [0.15, 0.2) is 0 Å². The van der Waals surface area contributed by atoms with Crippen LogP contribution in [0, 0.1) is 29.6 Å². The Hall–Kier alpha value is -0.820. The van der Waals surface area contributed by atoms with E-state index in [-0.39, 0.29) is 0 Å². The Labute approximate surface area is 122 Å². The second-order valence-corrected chi connectivity index (χ2v) is 7.22. The summed E-state index contributed by atoms with van der Waals surface area (Å²) < 4.78 is 0. The zero-order valence-corrected chi connectivity index (χ0v) is 12.8. The number of fused-ring (bicyclic) bond motifs is 2. The first-order valence-electron chi connectivity index (χ1n) is 8.10. The summed E-state index contributed by atoms with van der Waals surface area (Å²) in [4.78, 5) is 3.20. The van der Waals surface area contributed by atoms with Gasteiger partial charge in [0, 0.05) is 5.92 Å². The van der Waals surface area contributed by atoms with Gasteiger partial charge < -0.3 is 14.9 Å².